The van der Waals surface area contributed by atoms with Gasteiger partial charge in [0, 0.05) is 32.1 Å². The maximum atomic E-state index is 12.3. The molecule has 0 aliphatic carbocycles. The van der Waals surface area contributed by atoms with Gasteiger partial charge in [0.25, 0.3) is 5.91 Å². The predicted molar refractivity (Wildman–Crippen MR) is 79.5 cm³/mol. The number of nitrogens with zero attached hydrogens (tertiary/aromatic N) is 5. The number of nitrogens with one attached hydrogen (secondary N) is 1. The molecule has 1 aliphatic rings. The van der Waals surface area contributed by atoms with E-state index < -0.39 is 0 Å². The minimum atomic E-state index is -0.149. The topological polar surface area (TPSA) is 106 Å². The van der Waals surface area contributed by atoms with Gasteiger partial charge in [-0.15, -0.1) is 5.10 Å². The molecule has 0 radical (unpaired) electrons. The molecule has 2 aromatic heterocycles. The van der Waals surface area contributed by atoms with Crippen LogP contribution < -0.4 is 5.32 Å². The zero-order valence-electron chi connectivity index (χ0n) is 13.0. The van der Waals surface area contributed by atoms with Crippen LogP contribution in [0.1, 0.15) is 29.1 Å². The molecule has 122 valence electrons. The normalized spacial score (nSPS) is 15.7. The summed E-state index contributed by atoms with van der Waals surface area (Å²) >= 11 is 0. The second-order valence-corrected chi connectivity index (χ2v) is 5.66. The first-order chi connectivity index (χ1) is 11.0. The molecule has 2 amide bonds. The van der Waals surface area contributed by atoms with E-state index in [4.69, 9.17) is 4.52 Å². The monoisotopic (exact) mass is 318 g/mol. The summed E-state index contributed by atoms with van der Waals surface area (Å²) < 4.78 is 6.41. The number of anilines is 1. The summed E-state index contributed by atoms with van der Waals surface area (Å²) in [7, 11) is 1.71. The van der Waals surface area contributed by atoms with Crippen LogP contribution >= 0.6 is 0 Å². The van der Waals surface area contributed by atoms with E-state index in [9.17, 15) is 9.59 Å². The van der Waals surface area contributed by atoms with Gasteiger partial charge in [-0.2, -0.15) is 0 Å². The van der Waals surface area contributed by atoms with E-state index in [0.717, 1.165) is 0 Å². The number of amides is 2. The summed E-state index contributed by atoms with van der Waals surface area (Å²) in [6.45, 7) is 2.80. The van der Waals surface area contributed by atoms with Crippen LogP contribution in [0.2, 0.25) is 0 Å². The van der Waals surface area contributed by atoms with E-state index in [-0.39, 0.29) is 17.7 Å². The van der Waals surface area contributed by atoms with E-state index in [1.165, 1.54) is 4.68 Å². The van der Waals surface area contributed by atoms with Crippen LogP contribution in [0.15, 0.2) is 16.8 Å². The van der Waals surface area contributed by atoms with Gasteiger partial charge in [0.1, 0.15) is 5.76 Å². The van der Waals surface area contributed by atoms with Crippen molar-refractivity contribution in [2.45, 2.75) is 19.8 Å². The highest BCUT2D eigenvalue weighted by atomic mass is 16.5. The number of hydrogen-bond donors (Lipinski definition) is 1. The number of piperidine rings is 1. The van der Waals surface area contributed by atoms with Gasteiger partial charge in [-0.1, -0.05) is 10.4 Å². The quantitative estimate of drug-likeness (QED) is 0.888. The van der Waals surface area contributed by atoms with Crippen LogP contribution in [-0.2, 0) is 11.8 Å². The van der Waals surface area contributed by atoms with Crippen molar-refractivity contribution in [1.82, 2.24) is 25.1 Å². The Kier molecular flexibility index (Phi) is 4.09. The molecule has 2 aromatic rings. The van der Waals surface area contributed by atoms with Crippen molar-refractivity contribution in [3.05, 3.63) is 23.7 Å². The number of carbonyl (C=O) groups is 2. The zero-order valence-corrected chi connectivity index (χ0v) is 13.0. The second-order valence-electron chi connectivity index (χ2n) is 5.66. The molecule has 1 aliphatic heterocycles. The molecule has 0 unspecified atom stereocenters. The lowest BCUT2D eigenvalue weighted by molar-refractivity contribution is -0.121. The lowest BCUT2D eigenvalue weighted by atomic mass is 9.95. The Labute approximate surface area is 132 Å². The SMILES string of the molecule is Cc1cc(NC(=O)C2CCN(C(=O)c3cn(C)nn3)CC2)no1. The highest BCUT2D eigenvalue weighted by Gasteiger charge is 2.29. The maximum absolute atomic E-state index is 12.3. The lowest BCUT2D eigenvalue weighted by Crippen LogP contribution is -2.41. The van der Waals surface area contributed by atoms with Crippen LogP contribution in [0.5, 0.6) is 0 Å². The summed E-state index contributed by atoms with van der Waals surface area (Å²) in [4.78, 5) is 26.2. The average Bonchev–Trinajstić information content (AvgIpc) is 3.15. The molecule has 0 saturated carbocycles. The Bertz CT molecular complexity index is 714. The Morgan fingerprint density at radius 2 is 2.09 bits per heavy atom. The number of carbonyl (C=O) groups excluding carboxylic acids is 2. The number of aromatic nitrogens is 4. The lowest BCUT2D eigenvalue weighted by Gasteiger charge is -2.30. The number of likely N-dealkylation sites (tertiary alicyclic amines) is 1. The highest BCUT2D eigenvalue weighted by molar-refractivity contribution is 5.93. The Morgan fingerprint density at radius 1 is 1.35 bits per heavy atom. The molecule has 1 saturated heterocycles. The van der Waals surface area contributed by atoms with Gasteiger partial charge >= 0.3 is 0 Å². The molecular formula is C14H18N6O3. The van der Waals surface area contributed by atoms with Crippen molar-refractivity contribution in [1.29, 1.82) is 0 Å². The van der Waals surface area contributed by atoms with Crippen molar-refractivity contribution in [2.24, 2.45) is 13.0 Å². The van der Waals surface area contributed by atoms with Gasteiger partial charge in [0.2, 0.25) is 5.91 Å². The summed E-state index contributed by atoms with van der Waals surface area (Å²) in [5, 5.41) is 14.1. The molecule has 3 heterocycles. The third-order valence-electron chi connectivity index (χ3n) is 3.85. The summed E-state index contributed by atoms with van der Waals surface area (Å²) in [6, 6.07) is 1.67. The van der Waals surface area contributed by atoms with Crippen molar-refractivity contribution < 1.29 is 14.1 Å². The molecule has 0 spiro atoms. The van der Waals surface area contributed by atoms with Crippen LogP contribution in [0.3, 0.4) is 0 Å². The summed E-state index contributed by atoms with van der Waals surface area (Å²) in [5.74, 6) is 0.683. The van der Waals surface area contributed by atoms with Crippen molar-refractivity contribution >= 4 is 17.6 Å². The third kappa shape index (κ3) is 3.38. The van der Waals surface area contributed by atoms with Crippen LogP contribution in [-0.4, -0.2) is 50.0 Å². The first-order valence-electron chi connectivity index (χ1n) is 7.42. The maximum Gasteiger partial charge on any atom is 0.276 e. The fourth-order valence-electron chi connectivity index (χ4n) is 2.61. The molecule has 9 nitrogen and oxygen atoms in total. The van der Waals surface area contributed by atoms with E-state index in [1.807, 2.05) is 0 Å². The van der Waals surface area contributed by atoms with Gasteiger partial charge in [-0.3, -0.25) is 14.3 Å². The van der Waals surface area contributed by atoms with Crippen LogP contribution in [0.4, 0.5) is 5.82 Å². The molecule has 0 aromatic carbocycles. The molecule has 9 heteroatoms. The van der Waals surface area contributed by atoms with Gasteiger partial charge in [0.15, 0.2) is 11.5 Å². The minimum absolute atomic E-state index is 0.0927. The fourth-order valence-corrected chi connectivity index (χ4v) is 2.61. The Hall–Kier alpha value is -2.71. The summed E-state index contributed by atoms with van der Waals surface area (Å²) in [6.07, 6.45) is 2.80. The van der Waals surface area contributed by atoms with Crippen LogP contribution in [0, 0.1) is 12.8 Å². The second kappa shape index (κ2) is 6.19. The molecule has 0 bridgehead atoms. The van der Waals surface area contributed by atoms with E-state index >= 15 is 0 Å². The first kappa shape index (κ1) is 15.2. The van der Waals surface area contributed by atoms with Gasteiger partial charge in [-0.05, 0) is 19.8 Å². The Morgan fingerprint density at radius 3 is 2.65 bits per heavy atom. The molecule has 23 heavy (non-hydrogen) atoms. The molecular weight excluding hydrogens is 300 g/mol. The van der Waals surface area contributed by atoms with Crippen molar-refractivity contribution in [3.8, 4) is 0 Å². The zero-order chi connectivity index (χ0) is 16.4. The predicted octanol–water partition coefficient (Wildman–Crippen LogP) is 0.602. The fraction of sp³-hybridized carbons (Fsp3) is 0.500. The largest absolute Gasteiger partial charge is 0.360 e. The highest BCUT2D eigenvalue weighted by Crippen LogP contribution is 2.20. The van der Waals surface area contributed by atoms with Crippen molar-refractivity contribution in [2.75, 3.05) is 18.4 Å². The van der Waals surface area contributed by atoms with Gasteiger partial charge < -0.3 is 14.7 Å². The average molecular weight is 318 g/mol. The standard InChI is InChI=1S/C14H18N6O3/c1-9-7-12(17-23-9)15-13(21)10-3-5-20(6-4-10)14(22)11-8-19(2)18-16-11/h7-8,10H,3-6H2,1-2H3,(H,15,17,21). The van der Waals surface area contributed by atoms with E-state index in [0.29, 0.717) is 43.2 Å². The number of rotatable bonds is 3. The minimum Gasteiger partial charge on any atom is -0.360 e. The smallest absolute Gasteiger partial charge is 0.276 e. The molecule has 3 rings (SSSR count). The Balaban J connectivity index is 1.53. The number of hydrogen-bond acceptors (Lipinski definition) is 6. The first-order valence-corrected chi connectivity index (χ1v) is 7.42. The molecule has 0 atom stereocenters. The molecule has 1 N–H and O–H groups in total. The van der Waals surface area contributed by atoms with Crippen LogP contribution in [0.25, 0.3) is 0 Å². The van der Waals surface area contributed by atoms with E-state index in [2.05, 4.69) is 20.8 Å². The van der Waals surface area contributed by atoms with E-state index in [1.54, 1.807) is 31.1 Å². The molecule has 1 fully saturated rings. The third-order valence-corrected chi connectivity index (χ3v) is 3.85. The van der Waals surface area contributed by atoms with Gasteiger partial charge in [-0.25, -0.2) is 0 Å². The summed E-state index contributed by atoms with van der Waals surface area (Å²) in [5.41, 5.74) is 0.327. The number of aryl methyl sites for hydroxylation is 2. The van der Waals surface area contributed by atoms with Gasteiger partial charge in [0.05, 0.1) is 6.20 Å². The van der Waals surface area contributed by atoms with Crippen molar-refractivity contribution in [3.63, 3.8) is 0 Å².